The fraction of sp³-hybridized carbons (Fsp3) is 0.143. The largest absolute Gasteiger partial charge is 0.207 e. The third-order valence-electron chi connectivity index (χ3n) is 1.07. The van der Waals surface area contributed by atoms with Crippen molar-refractivity contribution in [2.75, 3.05) is 0 Å². The summed E-state index contributed by atoms with van der Waals surface area (Å²) in [7, 11) is 0. The van der Waals surface area contributed by atoms with Gasteiger partial charge in [0.05, 0.1) is 0 Å². The van der Waals surface area contributed by atoms with Gasteiger partial charge in [-0.25, -0.2) is 4.39 Å². The summed E-state index contributed by atoms with van der Waals surface area (Å²) in [6.45, 7) is 0. The van der Waals surface area contributed by atoms with Gasteiger partial charge in [-0.05, 0) is 17.7 Å². The second-order valence-corrected chi connectivity index (χ2v) is 2.03. The highest BCUT2D eigenvalue weighted by atomic mass is 35.5. The van der Waals surface area contributed by atoms with Crippen LogP contribution in [0.3, 0.4) is 0 Å². The molecule has 1 aromatic carbocycles. The molecule has 1 rings (SSSR count). The maximum absolute atomic E-state index is 12.2. The Balaban J connectivity index is 0.000000810. The van der Waals surface area contributed by atoms with E-state index in [0.29, 0.717) is 5.88 Å². The molecule has 0 aliphatic carbocycles. The van der Waals surface area contributed by atoms with E-state index >= 15 is 0 Å². The molecule has 10 heavy (non-hydrogen) atoms. The Kier molecular flexibility index (Phi) is 4.59. The Bertz CT molecular complexity index is 185. The van der Waals surface area contributed by atoms with Crippen LogP contribution in [-0.4, -0.2) is 0 Å². The van der Waals surface area contributed by atoms with Crippen molar-refractivity contribution in [1.29, 1.82) is 0 Å². The highest BCUT2D eigenvalue weighted by molar-refractivity contribution is 6.92. The molecule has 0 saturated heterocycles. The van der Waals surface area contributed by atoms with Crippen LogP contribution >= 0.6 is 21.5 Å². The molecule has 0 aliphatic heterocycles. The second-order valence-electron chi connectivity index (χ2n) is 1.76. The average Bonchev–Trinajstić information content (AvgIpc) is 1.90. The Morgan fingerprint density at radius 2 is 1.70 bits per heavy atom. The number of halogens is 2. The lowest BCUT2D eigenvalue weighted by Gasteiger charge is -1.91. The van der Waals surface area contributed by atoms with E-state index in [1.54, 1.807) is 12.1 Å². The highest BCUT2D eigenvalue weighted by Crippen LogP contribution is 2.04. The molecule has 0 nitrogen and oxygen atoms in total. The lowest BCUT2D eigenvalue weighted by atomic mass is 10.2. The van der Waals surface area contributed by atoms with E-state index < -0.39 is 0 Å². The lowest BCUT2D eigenvalue weighted by molar-refractivity contribution is 0.627. The fourth-order valence-electron chi connectivity index (χ4n) is 0.573. The summed E-state index contributed by atoms with van der Waals surface area (Å²) in [5.41, 5.74) is 0.943. The van der Waals surface area contributed by atoms with Gasteiger partial charge in [0.2, 0.25) is 0 Å². The molecule has 0 saturated carbocycles. The van der Waals surface area contributed by atoms with Crippen molar-refractivity contribution in [3.05, 3.63) is 35.6 Å². The molecular formula is C7H9ClFP. The molecule has 0 fully saturated rings. The van der Waals surface area contributed by atoms with E-state index in [-0.39, 0.29) is 15.7 Å². The lowest BCUT2D eigenvalue weighted by Crippen LogP contribution is -1.76. The SMILES string of the molecule is Fc1ccc(CCl)cc1.P. The first-order valence-corrected chi connectivity index (χ1v) is 3.17. The molecule has 0 amide bonds. The predicted octanol–water partition coefficient (Wildman–Crippen LogP) is 2.62. The van der Waals surface area contributed by atoms with Gasteiger partial charge in [0.15, 0.2) is 0 Å². The maximum atomic E-state index is 12.2. The van der Waals surface area contributed by atoms with Crippen LogP contribution in [0.15, 0.2) is 24.3 Å². The Morgan fingerprint density at radius 1 is 1.20 bits per heavy atom. The molecule has 1 unspecified atom stereocenters. The molecule has 1 atom stereocenters. The summed E-state index contributed by atoms with van der Waals surface area (Å²) < 4.78 is 12.2. The van der Waals surface area contributed by atoms with Crippen molar-refractivity contribution in [3.63, 3.8) is 0 Å². The Labute approximate surface area is 68.0 Å². The standard InChI is InChI=1S/C7H6ClF.H3P/c8-5-6-1-3-7(9)4-2-6;/h1-4H,5H2;1H3. The summed E-state index contributed by atoms with van der Waals surface area (Å²) in [6, 6.07) is 6.14. The van der Waals surface area contributed by atoms with Gasteiger partial charge in [-0.3, -0.25) is 0 Å². The van der Waals surface area contributed by atoms with E-state index in [4.69, 9.17) is 11.6 Å². The van der Waals surface area contributed by atoms with Crippen LogP contribution in [0.4, 0.5) is 4.39 Å². The molecular weight excluding hydrogens is 170 g/mol. The van der Waals surface area contributed by atoms with Gasteiger partial charge in [0, 0.05) is 5.88 Å². The number of rotatable bonds is 1. The summed E-state index contributed by atoms with van der Waals surface area (Å²) >= 11 is 5.46. The second kappa shape index (κ2) is 4.65. The highest BCUT2D eigenvalue weighted by Gasteiger charge is 1.88. The monoisotopic (exact) mass is 178 g/mol. The zero-order chi connectivity index (χ0) is 6.69. The maximum Gasteiger partial charge on any atom is 0.123 e. The molecule has 0 heterocycles. The van der Waals surface area contributed by atoms with E-state index in [9.17, 15) is 4.39 Å². The summed E-state index contributed by atoms with van der Waals surface area (Å²) in [5, 5.41) is 0. The minimum atomic E-state index is -0.219. The zero-order valence-corrected chi connectivity index (χ0v) is 7.65. The first-order chi connectivity index (χ1) is 4.33. The number of benzene rings is 1. The van der Waals surface area contributed by atoms with Crippen molar-refractivity contribution in [3.8, 4) is 0 Å². The van der Waals surface area contributed by atoms with E-state index in [1.165, 1.54) is 12.1 Å². The minimum absolute atomic E-state index is 0. The van der Waals surface area contributed by atoms with Crippen molar-refractivity contribution >= 4 is 21.5 Å². The predicted molar refractivity (Wildman–Crippen MR) is 47.1 cm³/mol. The third-order valence-corrected chi connectivity index (χ3v) is 1.38. The van der Waals surface area contributed by atoms with E-state index in [0.717, 1.165) is 5.56 Å². The van der Waals surface area contributed by atoms with Crippen LogP contribution in [0.2, 0.25) is 0 Å². The molecule has 1 aromatic rings. The van der Waals surface area contributed by atoms with Gasteiger partial charge in [0.1, 0.15) is 5.82 Å². The van der Waals surface area contributed by atoms with Crippen molar-refractivity contribution in [2.45, 2.75) is 5.88 Å². The van der Waals surface area contributed by atoms with Gasteiger partial charge in [-0.15, -0.1) is 11.6 Å². The van der Waals surface area contributed by atoms with Crippen LogP contribution < -0.4 is 0 Å². The van der Waals surface area contributed by atoms with Gasteiger partial charge in [0.25, 0.3) is 0 Å². The van der Waals surface area contributed by atoms with Crippen LogP contribution in [-0.2, 0) is 5.88 Å². The van der Waals surface area contributed by atoms with Gasteiger partial charge >= 0.3 is 0 Å². The van der Waals surface area contributed by atoms with E-state index in [1.807, 2.05) is 0 Å². The molecule has 0 bridgehead atoms. The van der Waals surface area contributed by atoms with Crippen LogP contribution in [0.1, 0.15) is 5.56 Å². The van der Waals surface area contributed by atoms with Gasteiger partial charge in [-0.1, -0.05) is 12.1 Å². The Hall–Kier alpha value is -0.130. The summed E-state index contributed by atoms with van der Waals surface area (Å²) in [5.74, 6) is 0.226. The van der Waals surface area contributed by atoms with Gasteiger partial charge < -0.3 is 0 Å². The van der Waals surface area contributed by atoms with Crippen molar-refractivity contribution in [2.24, 2.45) is 0 Å². The number of alkyl halides is 1. The van der Waals surface area contributed by atoms with Gasteiger partial charge in [-0.2, -0.15) is 9.90 Å². The molecule has 0 aromatic heterocycles. The first-order valence-electron chi connectivity index (χ1n) is 2.63. The topological polar surface area (TPSA) is 0 Å². The number of hydrogen-bond donors (Lipinski definition) is 0. The molecule has 0 aliphatic rings. The molecule has 3 heteroatoms. The minimum Gasteiger partial charge on any atom is -0.207 e. The Morgan fingerprint density at radius 3 is 2.10 bits per heavy atom. The van der Waals surface area contributed by atoms with Crippen LogP contribution in [0.25, 0.3) is 0 Å². The summed E-state index contributed by atoms with van der Waals surface area (Å²) in [6.07, 6.45) is 0. The van der Waals surface area contributed by atoms with Crippen LogP contribution in [0, 0.1) is 5.82 Å². The van der Waals surface area contributed by atoms with Crippen LogP contribution in [0.5, 0.6) is 0 Å². The fourth-order valence-corrected chi connectivity index (χ4v) is 0.752. The van der Waals surface area contributed by atoms with Crippen molar-refractivity contribution < 1.29 is 4.39 Å². The quantitative estimate of drug-likeness (QED) is 0.458. The number of hydrogen-bond acceptors (Lipinski definition) is 0. The molecule has 0 N–H and O–H groups in total. The first kappa shape index (κ1) is 9.87. The van der Waals surface area contributed by atoms with Crippen molar-refractivity contribution in [1.82, 2.24) is 0 Å². The van der Waals surface area contributed by atoms with E-state index in [2.05, 4.69) is 0 Å². The third kappa shape index (κ3) is 2.64. The smallest absolute Gasteiger partial charge is 0.123 e. The summed E-state index contributed by atoms with van der Waals surface area (Å²) in [4.78, 5) is 0. The zero-order valence-electron chi connectivity index (χ0n) is 5.48. The molecule has 56 valence electrons. The normalized spacial score (nSPS) is 8.60. The molecule has 0 radical (unpaired) electrons. The average molecular weight is 179 g/mol. The molecule has 0 spiro atoms.